The average molecular weight is 495 g/mol. The zero-order valence-electron chi connectivity index (χ0n) is 15.0. The molecular weight excluding hydrogens is 481 g/mol. The fraction of sp³-hybridized carbons (Fsp3) is 0. The average Bonchev–Trinajstić information content (AvgIpc) is 3.15. The molecule has 0 spiro atoms. The molecule has 0 fully saturated rings. The number of halogens is 1. The molecule has 0 aliphatic rings. The predicted octanol–water partition coefficient (Wildman–Crippen LogP) is 6.42. The highest BCUT2D eigenvalue weighted by atomic mass is 127. The number of fused-ring (bicyclic) bond motifs is 1. The molecule has 0 N–H and O–H groups in total. The number of oxazole rings is 1. The molecule has 1 heterocycles. The lowest BCUT2D eigenvalue weighted by molar-refractivity contribution is -0.385. The summed E-state index contributed by atoms with van der Waals surface area (Å²) >= 11 is 2.25. The zero-order valence-corrected chi connectivity index (χ0v) is 17.2. The summed E-state index contributed by atoms with van der Waals surface area (Å²) in [5.41, 5.74) is 3.62. The Kier molecular flexibility index (Phi) is 5.48. The lowest BCUT2D eigenvalue weighted by Crippen LogP contribution is -1.90. The molecule has 0 aliphatic heterocycles. The van der Waals surface area contributed by atoms with Crippen molar-refractivity contribution in [2.75, 3.05) is 0 Å². The van der Waals surface area contributed by atoms with Crippen LogP contribution in [-0.2, 0) is 0 Å². The van der Waals surface area contributed by atoms with Gasteiger partial charge >= 0.3 is 0 Å². The van der Waals surface area contributed by atoms with Gasteiger partial charge in [0.1, 0.15) is 5.52 Å². The fourth-order valence-electron chi connectivity index (χ4n) is 2.78. The van der Waals surface area contributed by atoms with Crippen LogP contribution < -0.4 is 0 Å². The van der Waals surface area contributed by atoms with Crippen molar-refractivity contribution in [1.29, 1.82) is 0 Å². The summed E-state index contributed by atoms with van der Waals surface area (Å²) in [6.07, 6.45) is 4.93. The molecule has 4 aromatic rings. The Bertz CT molecular complexity index is 1240. The number of nitro benzene ring substituents is 1. The van der Waals surface area contributed by atoms with Gasteiger partial charge in [0.25, 0.3) is 5.69 Å². The topological polar surface area (TPSA) is 81.5 Å². The maximum Gasteiger partial charge on any atom is 0.276 e. The lowest BCUT2D eigenvalue weighted by Gasteiger charge is -1.95. The number of nitro groups is 1. The Hall–Kier alpha value is -3.33. The first-order valence-corrected chi connectivity index (χ1v) is 9.79. The Morgan fingerprint density at radius 3 is 2.66 bits per heavy atom. The number of aliphatic imine (C=N–C) groups is 1. The Balaban J connectivity index is 1.54. The van der Waals surface area contributed by atoms with Crippen LogP contribution in [-0.4, -0.2) is 16.1 Å². The summed E-state index contributed by atoms with van der Waals surface area (Å²) in [5.74, 6) is 0.564. The first-order chi connectivity index (χ1) is 14.1. The molecule has 0 saturated carbocycles. The van der Waals surface area contributed by atoms with E-state index in [9.17, 15) is 10.1 Å². The van der Waals surface area contributed by atoms with Crippen LogP contribution >= 0.6 is 22.6 Å². The Morgan fingerprint density at radius 2 is 1.86 bits per heavy atom. The monoisotopic (exact) mass is 495 g/mol. The van der Waals surface area contributed by atoms with Crippen LogP contribution in [0.25, 0.3) is 28.6 Å². The summed E-state index contributed by atoms with van der Waals surface area (Å²) in [6, 6.07) is 20.0. The lowest BCUT2D eigenvalue weighted by atomic mass is 10.1. The number of hydrogen-bond acceptors (Lipinski definition) is 5. The molecule has 4 rings (SSSR count). The summed E-state index contributed by atoms with van der Waals surface area (Å²) in [4.78, 5) is 19.6. The summed E-state index contributed by atoms with van der Waals surface area (Å²) in [5, 5.41) is 11.0. The quantitative estimate of drug-likeness (QED) is 0.138. The third kappa shape index (κ3) is 4.40. The highest BCUT2D eigenvalue weighted by Crippen LogP contribution is 2.27. The van der Waals surface area contributed by atoms with Crippen molar-refractivity contribution in [2.45, 2.75) is 0 Å². The number of para-hydroxylation sites is 1. The van der Waals surface area contributed by atoms with Crippen LogP contribution in [0.3, 0.4) is 0 Å². The maximum atomic E-state index is 11.0. The first kappa shape index (κ1) is 19.0. The summed E-state index contributed by atoms with van der Waals surface area (Å²) in [6.45, 7) is 0. The van der Waals surface area contributed by atoms with Gasteiger partial charge in [-0.1, -0.05) is 12.1 Å². The second-order valence-electron chi connectivity index (χ2n) is 6.13. The molecule has 7 heteroatoms. The summed E-state index contributed by atoms with van der Waals surface area (Å²) < 4.78 is 6.97. The molecule has 0 saturated heterocycles. The van der Waals surface area contributed by atoms with Crippen molar-refractivity contribution in [3.8, 4) is 11.5 Å². The van der Waals surface area contributed by atoms with Crippen molar-refractivity contribution in [3.63, 3.8) is 0 Å². The number of aromatic nitrogens is 1. The van der Waals surface area contributed by atoms with Gasteiger partial charge in [-0.15, -0.1) is 0 Å². The van der Waals surface area contributed by atoms with E-state index in [4.69, 9.17) is 4.42 Å². The number of hydrogen-bond donors (Lipinski definition) is 0. The Morgan fingerprint density at radius 1 is 1.07 bits per heavy atom. The molecule has 142 valence electrons. The van der Waals surface area contributed by atoms with Gasteiger partial charge in [0, 0.05) is 21.4 Å². The SMILES string of the molecule is O=[N+]([O-])c1ccccc1C=CC=Nc1ccc2oc(-c3ccc(I)cc3)nc2c1. The van der Waals surface area contributed by atoms with Crippen molar-refractivity contribution >= 4 is 57.4 Å². The smallest absolute Gasteiger partial charge is 0.276 e. The van der Waals surface area contributed by atoms with E-state index in [1.165, 1.54) is 6.07 Å². The van der Waals surface area contributed by atoms with Gasteiger partial charge in [-0.05, 0) is 83.3 Å². The van der Waals surface area contributed by atoms with Crippen LogP contribution in [0.4, 0.5) is 11.4 Å². The largest absolute Gasteiger partial charge is 0.436 e. The molecule has 0 radical (unpaired) electrons. The van der Waals surface area contributed by atoms with Crippen LogP contribution in [0.2, 0.25) is 0 Å². The van der Waals surface area contributed by atoms with E-state index >= 15 is 0 Å². The standard InChI is InChI=1S/C22H14IN3O3/c23-17-9-7-16(8-10-17)22-25-19-14-18(11-12-21(19)29-22)24-13-3-5-15-4-1-2-6-20(15)26(27)28/h1-14H. The van der Waals surface area contributed by atoms with Crippen molar-refractivity contribution in [1.82, 2.24) is 4.98 Å². The second kappa shape index (κ2) is 8.36. The molecule has 0 bridgehead atoms. The first-order valence-electron chi connectivity index (χ1n) is 8.71. The number of rotatable bonds is 5. The minimum atomic E-state index is -0.402. The zero-order chi connectivity index (χ0) is 20.2. The van der Waals surface area contributed by atoms with E-state index in [1.807, 2.05) is 42.5 Å². The molecule has 29 heavy (non-hydrogen) atoms. The van der Waals surface area contributed by atoms with Crippen molar-refractivity contribution < 1.29 is 9.34 Å². The van der Waals surface area contributed by atoms with Gasteiger partial charge in [-0.2, -0.15) is 0 Å². The van der Waals surface area contributed by atoms with Gasteiger partial charge in [0.2, 0.25) is 5.89 Å². The number of nitrogens with zero attached hydrogens (tertiary/aromatic N) is 3. The normalized spacial score (nSPS) is 11.6. The van der Waals surface area contributed by atoms with Gasteiger partial charge in [0.05, 0.1) is 16.2 Å². The molecule has 0 atom stereocenters. The molecule has 3 aromatic carbocycles. The van der Waals surface area contributed by atoms with Crippen LogP contribution in [0.5, 0.6) is 0 Å². The van der Waals surface area contributed by atoms with E-state index in [2.05, 4.69) is 32.6 Å². The highest BCUT2D eigenvalue weighted by Gasteiger charge is 2.09. The van der Waals surface area contributed by atoms with Crippen LogP contribution in [0, 0.1) is 13.7 Å². The van der Waals surface area contributed by atoms with E-state index in [0.29, 0.717) is 22.7 Å². The number of benzene rings is 3. The molecule has 0 amide bonds. The van der Waals surface area contributed by atoms with Gasteiger partial charge in [0.15, 0.2) is 5.58 Å². The second-order valence-corrected chi connectivity index (χ2v) is 7.38. The predicted molar refractivity (Wildman–Crippen MR) is 122 cm³/mol. The Labute approximate surface area is 179 Å². The van der Waals surface area contributed by atoms with Crippen LogP contribution in [0.1, 0.15) is 5.56 Å². The third-order valence-corrected chi connectivity index (χ3v) is 4.90. The highest BCUT2D eigenvalue weighted by molar-refractivity contribution is 14.1. The molecule has 0 unspecified atom stereocenters. The molecule has 6 nitrogen and oxygen atoms in total. The third-order valence-electron chi connectivity index (χ3n) is 4.18. The van der Waals surface area contributed by atoms with E-state index in [0.717, 1.165) is 14.7 Å². The van der Waals surface area contributed by atoms with Crippen LogP contribution in [0.15, 0.2) is 82.2 Å². The van der Waals surface area contributed by atoms with E-state index < -0.39 is 4.92 Å². The van der Waals surface area contributed by atoms with Gasteiger partial charge in [-0.25, -0.2) is 4.98 Å². The van der Waals surface area contributed by atoms with Crippen molar-refractivity contribution in [3.05, 3.63) is 92.1 Å². The molecule has 1 aromatic heterocycles. The van der Waals surface area contributed by atoms with Gasteiger partial charge in [-0.3, -0.25) is 15.1 Å². The molecule has 0 aliphatic carbocycles. The molecular formula is C22H14IN3O3. The summed E-state index contributed by atoms with van der Waals surface area (Å²) in [7, 11) is 0. The van der Waals surface area contributed by atoms with Crippen molar-refractivity contribution in [2.24, 2.45) is 4.99 Å². The number of allylic oxidation sites excluding steroid dienone is 1. The van der Waals surface area contributed by atoms with E-state index in [1.54, 1.807) is 36.6 Å². The van der Waals surface area contributed by atoms with E-state index in [-0.39, 0.29) is 5.69 Å². The fourth-order valence-corrected chi connectivity index (χ4v) is 3.14. The van der Waals surface area contributed by atoms with Gasteiger partial charge < -0.3 is 4.42 Å². The maximum absolute atomic E-state index is 11.0. The minimum absolute atomic E-state index is 0.0595. The minimum Gasteiger partial charge on any atom is -0.436 e.